The van der Waals surface area contributed by atoms with E-state index in [0.717, 1.165) is 38.6 Å². The number of nitrogens with one attached hydrogen (secondary N) is 1. The highest BCUT2D eigenvalue weighted by Crippen LogP contribution is 2.23. The van der Waals surface area contributed by atoms with Gasteiger partial charge in [0.1, 0.15) is 0 Å². The molecule has 0 atom stereocenters. The van der Waals surface area contributed by atoms with Gasteiger partial charge in [-0.05, 0) is 19.3 Å². The van der Waals surface area contributed by atoms with Crippen LogP contribution >= 0.6 is 0 Å². The van der Waals surface area contributed by atoms with Crippen LogP contribution in [0, 0.1) is 0 Å². The van der Waals surface area contributed by atoms with Crippen molar-refractivity contribution in [1.29, 1.82) is 0 Å². The molecule has 0 aromatic carbocycles. The molecule has 3 amide bonds. The van der Waals surface area contributed by atoms with Crippen LogP contribution in [-0.4, -0.2) is 79.5 Å². The molecule has 2 fully saturated rings. The van der Waals surface area contributed by atoms with E-state index < -0.39 is 0 Å². The molecule has 22 heavy (non-hydrogen) atoms. The summed E-state index contributed by atoms with van der Waals surface area (Å²) >= 11 is 0. The zero-order valence-electron chi connectivity index (χ0n) is 14.0. The maximum absolute atomic E-state index is 12.2. The number of nitrogens with zero attached hydrogens (tertiary/aromatic N) is 3. The molecule has 1 N–H and O–H groups in total. The molecule has 0 spiro atoms. The molecule has 1 saturated heterocycles. The highest BCUT2D eigenvalue weighted by atomic mass is 16.2. The number of carbonyl (C=O) groups is 2. The molecule has 1 heterocycles. The van der Waals surface area contributed by atoms with E-state index in [1.54, 1.807) is 14.1 Å². The van der Waals surface area contributed by atoms with E-state index in [-0.39, 0.29) is 18.5 Å². The molecule has 6 nitrogen and oxygen atoms in total. The molecule has 2 aliphatic rings. The van der Waals surface area contributed by atoms with E-state index in [0.29, 0.717) is 0 Å². The van der Waals surface area contributed by atoms with Crippen molar-refractivity contribution in [2.24, 2.45) is 0 Å². The first-order valence-electron chi connectivity index (χ1n) is 8.55. The van der Waals surface area contributed by atoms with E-state index in [4.69, 9.17) is 0 Å². The molecule has 1 aliphatic carbocycles. The molecule has 1 aliphatic heterocycles. The molecular weight excluding hydrogens is 280 g/mol. The Kier molecular flexibility index (Phi) is 6.49. The van der Waals surface area contributed by atoms with Crippen LogP contribution in [0.5, 0.6) is 0 Å². The quantitative estimate of drug-likeness (QED) is 0.850. The van der Waals surface area contributed by atoms with Gasteiger partial charge in [-0.2, -0.15) is 0 Å². The van der Waals surface area contributed by atoms with Crippen molar-refractivity contribution in [1.82, 2.24) is 20.0 Å². The van der Waals surface area contributed by atoms with Gasteiger partial charge in [0.15, 0.2) is 0 Å². The Balaban J connectivity index is 1.76. The predicted molar refractivity (Wildman–Crippen MR) is 86.7 cm³/mol. The van der Waals surface area contributed by atoms with Gasteiger partial charge in [-0.3, -0.25) is 9.69 Å². The Bertz CT molecular complexity index is 380. The van der Waals surface area contributed by atoms with Crippen LogP contribution in [0.3, 0.4) is 0 Å². The number of hydrogen-bond acceptors (Lipinski definition) is 3. The maximum Gasteiger partial charge on any atom is 0.317 e. The maximum atomic E-state index is 12.2. The lowest BCUT2D eigenvalue weighted by Crippen LogP contribution is -2.45. The second-order valence-electron chi connectivity index (χ2n) is 6.62. The van der Waals surface area contributed by atoms with E-state index in [1.807, 2.05) is 4.90 Å². The van der Waals surface area contributed by atoms with Crippen molar-refractivity contribution in [2.45, 2.75) is 44.6 Å². The average molecular weight is 310 g/mol. The smallest absolute Gasteiger partial charge is 0.317 e. The molecule has 0 unspecified atom stereocenters. The second kappa shape index (κ2) is 8.36. The fourth-order valence-corrected chi connectivity index (χ4v) is 3.42. The molecule has 1 saturated carbocycles. The SMILES string of the molecule is CN(C)C(=O)NCC(=O)N1CCCN(C2CCCCC2)CC1. The number of amides is 3. The first-order chi connectivity index (χ1) is 10.6. The minimum atomic E-state index is -0.216. The lowest BCUT2D eigenvalue weighted by molar-refractivity contribution is -0.130. The van der Waals surface area contributed by atoms with Crippen molar-refractivity contribution >= 4 is 11.9 Å². The normalized spacial score (nSPS) is 21.3. The van der Waals surface area contributed by atoms with Crippen molar-refractivity contribution in [3.8, 4) is 0 Å². The molecule has 0 radical (unpaired) electrons. The summed E-state index contributed by atoms with van der Waals surface area (Å²) in [6.45, 7) is 3.75. The van der Waals surface area contributed by atoms with Crippen LogP contribution < -0.4 is 5.32 Å². The monoisotopic (exact) mass is 310 g/mol. The Morgan fingerprint density at radius 3 is 2.41 bits per heavy atom. The number of urea groups is 1. The fourth-order valence-electron chi connectivity index (χ4n) is 3.42. The third-order valence-electron chi connectivity index (χ3n) is 4.77. The van der Waals surface area contributed by atoms with Crippen LogP contribution in [0.15, 0.2) is 0 Å². The van der Waals surface area contributed by atoms with Gasteiger partial charge in [0.2, 0.25) is 5.91 Å². The Hall–Kier alpha value is -1.30. The minimum absolute atomic E-state index is 0.0284. The third-order valence-corrected chi connectivity index (χ3v) is 4.77. The highest BCUT2D eigenvalue weighted by molar-refractivity contribution is 5.83. The topological polar surface area (TPSA) is 55.9 Å². The van der Waals surface area contributed by atoms with Crippen molar-refractivity contribution in [2.75, 3.05) is 46.8 Å². The molecular formula is C16H30N4O2. The summed E-state index contributed by atoms with van der Waals surface area (Å²) < 4.78 is 0. The fraction of sp³-hybridized carbons (Fsp3) is 0.875. The van der Waals surface area contributed by atoms with Gasteiger partial charge < -0.3 is 15.1 Å². The lowest BCUT2D eigenvalue weighted by atomic mass is 9.94. The van der Waals surface area contributed by atoms with Crippen LogP contribution in [-0.2, 0) is 4.79 Å². The van der Waals surface area contributed by atoms with E-state index in [1.165, 1.54) is 37.0 Å². The van der Waals surface area contributed by atoms with Crippen LogP contribution in [0.1, 0.15) is 38.5 Å². The van der Waals surface area contributed by atoms with E-state index in [9.17, 15) is 9.59 Å². The van der Waals surface area contributed by atoms with E-state index >= 15 is 0 Å². The van der Waals surface area contributed by atoms with Gasteiger partial charge in [-0.25, -0.2) is 4.79 Å². The molecule has 126 valence electrons. The summed E-state index contributed by atoms with van der Waals surface area (Å²) in [5.74, 6) is 0.0284. The zero-order chi connectivity index (χ0) is 15.9. The van der Waals surface area contributed by atoms with Gasteiger partial charge in [-0.1, -0.05) is 19.3 Å². The van der Waals surface area contributed by atoms with Crippen molar-refractivity contribution in [3.63, 3.8) is 0 Å². The summed E-state index contributed by atoms with van der Waals surface area (Å²) in [5, 5.41) is 2.66. The summed E-state index contributed by atoms with van der Waals surface area (Å²) in [4.78, 5) is 29.6. The minimum Gasteiger partial charge on any atom is -0.340 e. The first kappa shape index (κ1) is 17.1. The van der Waals surface area contributed by atoms with Crippen LogP contribution in [0.25, 0.3) is 0 Å². The van der Waals surface area contributed by atoms with Gasteiger partial charge in [0, 0.05) is 46.3 Å². The third kappa shape index (κ3) is 4.87. The average Bonchev–Trinajstić information content (AvgIpc) is 2.79. The highest BCUT2D eigenvalue weighted by Gasteiger charge is 2.25. The zero-order valence-corrected chi connectivity index (χ0v) is 14.0. The Labute approximate surface area is 133 Å². The Morgan fingerprint density at radius 2 is 1.73 bits per heavy atom. The summed E-state index contributed by atoms with van der Waals surface area (Å²) in [6.07, 6.45) is 7.73. The number of carbonyl (C=O) groups excluding carboxylic acids is 2. The Morgan fingerprint density at radius 1 is 1.00 bits per heavy atom. The standard InChI is InChI=1S/C16H30N4O2/c1-18(2)16(22)17-13-15(21)20-10-6-9-19(11-12-20)14-7-4-3-5-8-14/h14H,3-13H2,1-2H3,(H,17,22). The number of hydrogen-bond donors (Lipinski definition) is 1. The van der Waals surface area contributed by atoms with Crippen LogP contribution in [0.4, 0.5) is 4.79 Å². The number of rotatable bonds is 3. The molecule has 0 bridgehead atoms. The molecule has 0 aromatic heterocycles. The van der Waals surface area contributed by atoms with Crippen LogP contribution in [0.2, 0.25) is 0 Å². The molecule has 2 rings (SSSR count). The largest absolute Gasteiger partial charge is 0.340 e. The van der Waals surface area contributed by atoms with Crippen molar-refractivity contribution in [3.05, 3.63) is 0 Å². The predicted octanol–water partition coefficient (Wildman–Crippen LogP) is 1.12. The second-order valence-corrected chi connectivity index (χ2v) is 6.62. The van der Waals surface area contributed by atoms with Crippen molar-refractivity contribution < 1.29 is 9.59 Å². The summed E-state index contributed by atoms with van der Waals surface area (Å²) in [7, 11) is 3.35. The van der Waals surface area contributed by atoms with Gasteiger partial charge >= 0.3 is 6.03 Å². The summed E-state index contributed by atoms with van der Waals surface area (Å²) in [5.41, 5.74) is 0. The van der Waals surface area contributed by atoms with Gasteiger partial charge in [-0.15, -0.1) is 0 Å². The van der Waals surface area contributed by atoms with E-state index in [2.05, 4.69) is 10.2 Å². The summed E-state index contributed by atoms with van der Waals surface area (Å²) in [6, 6.07) is 0.504. The molecule has 0 aromatic rings. The first-order valence-corrected chi connectivity index (χ1v) is 8.55. The van der Waals surface area contributed by atoms with Gasteiger partial charge in [0.25, 0.3) is 0 Å². The lowest BCUT2D eigenvalue weighted by Gasteiger charge is -2.33. The van der Waals surface area contributed by atoms with Gasteiger partial charge in [0.05, 0.1) is 6.54 Å². The molecule has 6 heteroatoms.